The van der Waals surface area contributed by atoms with E-state index in [9.17, 15) is 4.79 Å². The standard InChI is InChI=1S/C21H23N3OS/c1-4-17-22-13(3)18-12(2)19(26-21(18)24-17)20(25)23-16-11-7-9-14-8-5-6-10-15(14)16/h5-6,8,10,16H,4,7,9,11H2,1-3H3,(H,23,25). The lowest BCUT2D eigenvalue weighted by Gasteiger charge is -2.26. The van der Waals surface area contributed by atoms with Gasteiger partial charge >= 0.3 is 0 Å². The molecule has 2 aromatic heterocycles. The van der Waals surface area contributed by atoms with E-state index in [2.05, 4.69) is 46.5 Å². The molecule has 134 valence electrons. The minimum atomic E-state index is 0.00431. The molecular formula is C21H23N3OS. The van der Waals surface area contributed by atoms with E-state index >= 15 is 0 Å². The van der Waals surface area contributed by atoms with Gasteiger partial charge in [-0.15, -0.1) is 11.3 Å². The molecule has 1 amide bonds. The van der Waals surface area contributed by atoms with Crippen LogP contribution in [0.2, 0.25) is 0 Å². The zero-order valence-electron chi connectivity index (χ0n) is 15.4. The molecule has 4 rings (SSSR count). The quantitative estimate of drug-likeness (QED) is 0.733. The van der Waals surface area contributed by atoms with E-state index in [1.807, 2.05) is 13.8 Å². The Labute approximate surface area is 157 Å². The Morgan fingerprint density at radius 1 is 1.27 bits per heavy atom. The number of benzene rings is 1. The number of nitrogens with one attached hydrogen (secondary N) is 1. The third-order valence-electron chi connectivity index (χ3n) is 5.21. The molecule has 4 nitrogen and oxygen atoms in total. The van der Waals surface area contributed by atoms with Crippen molar-refractivity contribution in [3.05, 3.63) is 57.4 Å². The highest BCUT2D eigenvalue weighted by atomic mass is 32.1. The van der Waals surface area contributed by atoms with Gasteiger partial charge in [0, 0.05) is 17.5 Å². The average molecular weight is 366 g/mol. The lowest BCUT2D eigenvalue weighted by atomic mass is 9.87. The predicted molar refractivity (Wildman–Crippen MR) is 106 cm³/mol. The first kappa shape index (κ1) is 17.2. The van der Waals surface area contributed by atoms with Crippen molar-refractivity contribution in [2.45, 2.75) is 52.5 Å². The first-order valence-electron chi connectivity index (χ1n) is 9.23. The summed E-state index contributed by atoms with van der Waals surface area (Å²) in [6, 6.07) is 8.53. The summed E-state index contributed by atoms with van der Waals surface area (Å²) in [7, 11) is 0. The number of nitrogens with zero attached hydrogens (tertiary/aromatic N) is 2. The topological polar surface area (TPSA) is 54.9 Å². The Morgan fingerprint density at radius 2 is 2.08 bits per heavy atom. The van der Waals surface area contributed by atoms with Crippen molar-refractivity contribution in [2.75, 3.05) is 0 Å². The highest BCUT2D eigenvalue weighted by molar-refractivity contribution is 7.20. The van der Waals surface area contributed by atoms with Crippen LogP contribution in [0.1, 0.15) is 63.7 Å². The lowest BCUT2D eigenvalue weighted by Crippen LogP contribution is -2.30. The maximum absolute atomic E-state index is 13.0. The highest BCUT2D eigenvalue weighted by Gasteiger charge is 2.25. The van der Waals surface area contributed by atoms with E-state index in [0.29, 0.717) is 0 Å². The van der Waals surface area contributed by atoms with Crippen molar-refractivity contribution >= 4 is 27.5 Å². The normalized spacial score (nSPS) is 16.5. The fourth-order valence-electron chi connectivity index (χ4n) is 3.90. The fourth-order valence-corrected chi connectivity index (χ4v) is 5.05. The van der Waals surface area contributed by atoms with E-state index in [-0.39, 0.29) is 11.9 Å². The van der Waals surface area contributed by atoms with E-state index in [4.69, 9.17) is 0 Å². The summed E-state index contributed by atoms with van der Waals surface area (Å²) in [4.78, 5) is 23.9. The molecule has 3 aromatic rings. The van der Waals surface area contributed by atoms with E-state index < -0.39 is 0 Å². The molecule has 1 unspecified atom stereocenters. The summed E-state index contributed by atoms with van der Waals surface area (Å²) in [5, 5.41) is 4.29. The SMILES string of the molecule is CCc1nc(C)c2c(C)c(C(=O)NC3CCCc4ccccc43)sc2n1. The van der Waals surface area contributed by atoms with Gasteiger partial charge in [0.1, 0.15) is 10.7 Å². The van der Waals surface area contributed by atoms with E-state index in [1.165, 1.54) is 22.5 Å². The largest absolute Gasteiger partial charge is 0.345 e. The van der Waals surface area contributed by atoms with Gasteiger partial charge in [-0.05, 0) is 49.8 Å². The Balaban J connectivity index is 1.67. The second-order valence-corrected chi connectivity index (χ2v) is 7.93. The fraction of sp³-hybridized carbons (Fsp3) is 0.381. The number of aryl methyl sites for hydroxylation is 4. The van der Waals surface area contributed by atoms with Crippen molar-refractivity contribution in [3.8, 4) is 0 Å². The first-order valence-corrected chi connectivity index (χ1v) is 10.1. The zero-order chi connectivity index (χ0) is 18.3. The minimum absolute atomic E-state index is 0.00431. The maximum Gasteiger partial charge on any atom is 0.262 e. The number of hydrogen-bond acceptors (Lipinski definition) is 4. The van der Waals surface area contributed by atoms with Crippen LogP contribution in [0.25, 0.3) is 10.2 Å². The summed E-state index contributed by atoms with van der Waals surface area (Å²) in [6.07, 6.45) is 4.00. The summed E-state index contributed by atoms with van der Waals surface area (Å²) in [6.45, 7) is 6.06. The van der Waals surface area contributed by atoms with Crippen molar-refractivity contribution in [1.82, 2.24) is 15.3 Å². The van der Waals surface area contributed by atoms with Gasteiger partial charge in [-0.25, -0.2) is 9.97 Å². The van der Waals surface area contributed by atoms with E-state index in [1.54, 1.807) is 0 Å². The Kier molecular flexibility index (Phi) is 4.49. The molecule has 0 saturated carbocycles. The molecule has 2 heterocycles. The van der Waals surface area contributed by atoms with Crippen LogP contribution in [0, 0.1) is 13.8 Å². The number of thiophene rings is 1. The summed E-state index contributed by atoms with van der Waals surface area (Å²) >= 11 is 1.48. The van der Waals surface area contributed by atoms with Crippen molar-refractivity contribution in [2.24, 2.45) is 0 Å². The summed E-state index contributed by atoms with van der Waals surface area (Å²) < 4.78 is 0. The van der Waals surface area contributed by atoms with Crippen LogP contribution >= 0.6 is 11.3 Å². The molecule has 26 heavy (non-hydrogen) atoms. The Morgan fingerprint density at radius 3 is 2.88 bits per heavy atom. The van der Waals surface area contributed by atoms with Crippen LogP contribution in [0.5, 0.6) is 0 Å². The molecule has 0 bridgehead atoms. The van der Waals surface area contributed by atoms with E-state index in [0.717, 1.165) is 57.9 Å². The Hall–Kier alpha value is -2.27. The van der Waals surface area contributed by atoms with Crippen LogP contribution in [0.3, 0.4) is 0 Å². The molecule has 0 aliphatic heterocycles. The third-order valence-corrected chi connectivity index (χ3v) is 6.40. The van der Waals surface area contributed by atoms with Gasteiger partial charge in [0.25, 0.3) is 5.91 Å². The molecular weight excluding hydrogens is 342 g/mol. The monoisotopic (exact) mass is 365 g/mol. The maximum atomic E-state index is 13.0. The predicted octanol–water partition coefficient (Wildman–Crippen LogP) is 4.68. The van der Waals surface area contributed by atoms with Crippen molar-refractivity contribution in [1.29, 1.82) is 0 Å². The third kappa shape index (κ3) is 2.90. The smallest absolute Gasteiger partial charge is 0.262 e. The first-order chi connectivity index (χ1) is 12.6. The molecule has 1 N–H and O–H groups in total. The molecule has 1 atom stereocenters. The average Bonchev–Trinajstić information content (AvgIpc) is 2.99. The van der Waals surface area contributed by atoms with Gasteiger partial charge in [-0.3, -0.25) is 4.79 Å². The van der Waals surface area contributed by atoms with Gasteiger partial charge in [0.2, 0.25) is 0 Å². The second-order valence-electron chi connectivity index (χ2n) is 6.93. The number of fused-ring (bicyclic) bond motifs is 2. The van der Waals surface area contributed by atoms with Crippen LogP contribution in [-0.2, 0) is 12.8 Å². The molecule has 0 fully saturated rings. The molecule has 0 radical (unpaired) electrons. The number of carbonyl (C=O) groups is 1. The lowest BCUT2D eigenvalue weighted by molar-refractivity contribution is 0.0936. The van der Waals surface area contributed by atoms with Crippen molar-refractivity contribution in [3.63, 3.8) is 0 Å². The molecule has 1 aliphatic carbocycles. The molecule has 1 aromatic carbocycles. The zero-order valence-corrected chi connectivity index (χ0v) is 16.2. The van der Waals surface area contributed by atoms with Gasteiger partial charge in [0.15, 0.2) is 0 Å². The van der Waals surface area contributed by atoms with Gasteiger partial charge in [-0.2, -0.15) is 0 Å². The number of aromatic nitrogens is 2. The Bertz CT molecular complexity index is 992. The molecule has 5 heteroatoms. The minimum Gasteiger partial charge on any atom is -0.345 e. The van der Waals surface area contributed by atoms with Crippen molar-refractivity contribution < 1.29 is 4.79 Å². The van der Waals surface area contributed by atoms with Crippen LogP contribution < -0.4 is 5.32 Å². The number of carbonyl (C=O) groups excluding carboxylic acids is 1. The second kappa shape index (κ2) is 6.80. The number of amides is 1. The molecule has 0 spiro atoms. The van der Waals surface area contributed by atoms with Gasteiger partial charge < -0.3 is 5.32 Å². The van der Waals surface area contributed by atoms with Gasteiger partial charge in [-0.1, -0.05) is 31.2 Å². The van der Waals surface area contributed by atoms with Crippen LogP contribution in [0.15, 0.2) is 24.3 Å². The highest BCUT2D eigenvalue weighted by Crippen LogP contribution is 2.33. The van der Waals surface area contributed by atoms with Gasteiger partial charge in [0.05, 0.1) is 10.9 Å². The number of hydrogen-bond donors (Lipinski definition) is 1. The summed E-state index contributed by atoms with van der Waals surface area (Å²) in [5.74, 6) is 0.842. The number of rotatable bonds is 3. The summed E-state index contributed by atoms with van der Waals surface area (Å²) in [5.41, 5.74) is 4.57. The molecule has 1 aliphatic rings. The molecule has 0 saturated heterocycles. The van der Waals surface area contributed by atoms with Crippen LogP contribution in [-0.4, -0.2) is 15.9 Å². The van der Waals surface area contributed by atoms with Crippen LogP contribution in [0.4, 0.5) is 0 Å².